The number of piperidine rings is 1. The first-order valence-electron chi connectivity index (χ1n) is 8.24. The highest BCUT2D eigenvalue weighted by Gasteiger charge is 2.24. The number of carbonyl (C=O) groups is 1. The molecule has 1 amide bonds. The van der Waals surface area contributed by atoms with Crippen molar-refractivity contribution in [3.05, 3.63) is 47.5 Å². The minimum Gasteiger partial charge on any atom is -0.494 e. The number of aromatic amines is 1. The molecule has 2 heterocycles. The van der Waals surface area contributed by atoms with E-state index < -0.39 is 5.82 Å². The molecule has 128 valence electrons. The third-order valence-electron chi connectivity index (χ3n) is 4.51. The molecule has 1 N–H and O–H groups in total. The van der Waals surface area contributed by atoms with Gasteiger partial charge in [-0.2, -0.15) is 5.10 Å². The largest absolute Gasteiger partial charge is 0.494 e. The van der Waals surface area contributed by atoms with Crippen molar-refractivity contribution in [2.75, 3.05) is 20.2 Å². The van der Waals surface area contributed by atoms with Gasteiger partial charge in [0.05, 0.1) is 13.5 Å². The molecule has 1 saturated heterocycles. The molecule has 1 atom stereocenters. The summed E-state index contributed by atoms with van der Waals surface area (Å²) in [6.45, 7) is 1.52. The fraction of sp³-hybridized carbons (Fsp3) is 0.444. The molecule has 1 unspecified atom stereocenters. The first kappa shape index (κ1) is 16.5. The van der Waals surface area contributed by atoms with Crippen LogP contribution in [0.15, 0.2) is 30.5 Å². The zero-order valence-electron chi connectivity index (χ0n) is 13.8. The predicted molar refractivity (Wildman–Crippen MR) is 88.3 cm³/mol. The summed E-state index contributed by atoms with van der Waals surface area (Å²) in [7, 11) is 1.43. The number of hydrogen-bond acceptors (Lipinski definition) is 3. The molecular weight excluding hydrogens is 309 g/mol. The van der Waals surface area contributed by atoms with Gasteiger partial charge in [0.2, 0.25) is 5.91 Å². The van der Waals surface area contributed by atoms with E-state index in [0.29, 0.717) is 11.5 Å². The fourth-order valence-electron chi connectivity index (χ4n) is 3.27. The molecule has 1 aromatic carbocycles. The molecule has 0 bridgehead atoms. The van der Waals surface area contributed by atoms with Crippen LogP contribution in [0.2, 0.25) is 0 Å². The van der Waals surface area contributed by atoms with Gasteiger partial charge in [-0.15, -0.1) is 0 Å². The Kier molecular flexibility index (Phi) is 5.13. The highest BCUT2D eigenvalue weighted by atomic mass is 19.1. The van der Waals surface area contributed by atoms with Crippen molar-refractivity contribution in [2.24, 2.45) is 5.92 Å². The molecule has 0 spiro atoms. The number of rotatable bonds is 5. The Morgan fingerprint density at radius 2 is 2.33 bits per heavy atom. The van der Waals surface area contributed by atoms with Crippen molar-refractivity contribution in [1.82, 2.24) is 15.1 Å². The van der Waals surface area contributed by atoms with E-state index in [4.69, 9.17) is 4.74 Å². The molecule has 6 heteroatoms. The minimum atomic E-state index is -0.432. The number of halogens is 1. The number of benzene rings is 1. The van der Waals surface area contributed by atoms with E-state index in [2.05, 4.69) is 10.2 Å². The maximum absolute atomic E-state index is 13.8. The Morgan fingerprint density at radius 3 is 3.04 bits per heavy atom. The average Bonchev–Trinajstić information content (AvgIpc) is 3.08. The smallest absolute Gasteiger partial charge is 0.227 e. The lowest BCUT2D eigenvalue weighted by Gasteiger charge is -2.32. The highest BCUT2D eigenvalue weighted by molar-refractivity contribution is 5.79. The maximum atomic E-state index is 13.8. The summed E-state index contributed by atoms with van der Waals surface area (Å²) in [6.07, 6.45) is 4.99. The van der Waals surface area contributed by atoms with Gasteiger partial charge in [0, 0.05) is 25.0 Å². The molecule has 1 aliphatic rings. The van der Waals surface area contributed by atoms with Gasteiger partial charge in [0.1, 0.15) is 0 Å². The Morgan fingerprint density at radius 1 is 1.46 bits per heavy atom. The summed E-state index contributed by atoms with van der Waals surface area (Å²) < 4.78 is 18.7. The summed E-state index contributed by atoms with van der Waals surface area (Å²) in [6, 6.07) is 6.66. The number of nitrogens with one attached hydrogen (secondary N) is 1. The summed E-state index contributed by atoms with van der Waals surface area (Å²) in [5.74, 6) is 0.256. The number of carbonyl (C=O) groups excluding carboxylic acids is 1. The third kappa shape index (κ3) is 3.93. The van der Waals surface area contributed by atoms with E-state index in [0.717, 1.165) is 38.0 Å². The van der Waals surface area contributed by atoms with Crippen LogP contribution in [-0.2, 0) is 17.6 Å². The van der Waals surface area contributed by atoms with Gasteiger partial charge >= 0.3 is 0 Å². The maximum Gasteiger partial charge on any atom is 0.227 e. The third-order valence-corrected chi connectivity index (χ3v) is 4.51. The minimum absolute atomic E-state index is 0.0499. The summed E-state index contributed by atoms with van der Waals surface area (Å²) in [5.41, 5.74) is 1.78. The van der Waals surface area contributed by atoms with Crippen molar-refractivity contribution in [3.8, 4) is 5.75 Å². The zero-order chi connectivity index (χ0) is 16.9. The number of hydrogen-bond donors (Lipinski definition) is 1. The Balaban J connectivity index is 1.59. The van der Waals surface area contributed by atoms with Gasteiger partial charge in [-0.25, -0.2) is 4.39 Å². The summed E-state index contributed by atoms with van der Waals surface area (Å²) in [5, 5.41) is 6.95. The number of aromatic nitrogens is 2. The second-order valence-electron chi connectivity index (χ2n) is 6.28. The van der Waals surface area contributed by atoms with Crippen LogP contribution in [0.3, 0.4) is 0 Å². The van der Waals surface area contributed by atoms with Crippen LogP contribution in [0.4, 0.5) is 4.39 Å². The van der Waals surface area contributed by atoms with Gasteiger partial charge in [0.25, 0.3) is 0 Å². The van der Waals surface area contributed by atoms with Gasteiger partial charge in [-0.05, 0) is 48.9 Å². The lowest BCUT2D eigenvalue weighted by Crippen LogP contribution is -2.41. The molecule has 5 nitrogen and oxygen atoms in total. The standard InChI is InChI=1S/C18H22FN3O2/c1-24-17-5-4-13(10-16(17)19)11-18(23)22-8-2-3-14(12-22)9-15-6-7-20-21-15/h4-7,10,14H,2-3,8-9,11-12H2,1H3,(H,20,21). The summed E-state index contributed by atoms with van der Waals surface area (Å²) >= 11 is 0. The Labute approximate surface area is 140 Å². The molecule has 1 fully saturated rings. The number of ether oxygens (including phenoxy) is 1. The molecule has 0 radical (unpaired) electrons. The topological polar surface area (TPSA) is 58.2 Å². The fourth-order valence-corrected chi connectivity index (χ4v) is 3.27. The molecule has 1 aromatic heterocycles. The lowest BCUT2D eigenvalue weighted by atomic mass is 9.93. The van der Waals surface area contributed by atoms with E-state index >= 15 is 0 Å². The van der Waals surface area contributed by atoms with Gasteiger partial charge in [0.15, 0.2) is 11.6 Å². The molecule has 24 heavy (non-hydrogen) atoms. The van der Waals surface area contributed by atoms with E-state index in [-0.39, 0.29) is 18.1 Å². The van der Waals surface area contributed by atoms with E-state index in [9.17, 15) is 9.18 Å². The number of amides is 1. The normalized spacial score (nSPS) is 17.8. The van der Waals surface area contributed by atoms with Crippen LogP contribution in [0.1, 0.15) is 24.1 Å². The van der Waals surface area contributed by atoms with Gasteiger partial charge in [-0.1, -0.05) is 6.07 Å². The first-order valence-corrected chi connectivity index (χ1v) is 8.24. The average molecular weight is 331 g/mol. The van der Waals surface area contributed by atoms with Crippen molar-refractivity contribution < 1.29 is 13.9 Å². The SMILES string of the molecule is COc1ccc(CC(=O)N2CCCC(Cc3ccn[nH]3)C2)cc1F. The first-order chi connectivity index (χ1) is 11.7. The van der Waals surface area contributed by atoms with Crippen LogP contribution in [0, 0.1) is 11.7 Å². The second-order valence-corrected chi connectivity index (χ2v) is 6.28. The Hall–Kier alpha value is -2.37. The molecule has 3 rings (SSSR count). The Bertz CT molecular complexity index is 688. The predicted octanol–water partition coefficient (Wildman–Crippen LogP) is 2.58. The zero-order valence-corrected chi connectivity index (χ0v) is 13.8. The van der Waals surface area contributed by atoms with Crippen molar-refractivity contribution in [3.63, 3.8) is 0 Å². The molecule has 0 saturated carbocycles. The molecule has 2 aromatic rings. The van der Waals surface area contributed by atoms with Crippen LogP contribution < -0.4 is 4.74 Å². The van der Waals surface area contributed by atoms with Crippen molar-refractivity contribution in [2.45, 2.75) is 25.7 Å². The van der Waals surface area contributed by atoms with Crippen LogP contribution in [0.5, 0.6) is 5.75 Å². The van der Waals surface area contributed by atoms with Crippen LogP contribution in [0.25, 0.3) is 0 Å². The van der Waals surface area contributed by atoms with Crippen molar-refractivity contribution in [1.29, 1.82) is 0 Å². The van der Waals surface area contributed by atoms with Gasteiger partial charge in [-0.3, -0.25) is 9.89 Å². The molecule has 1 aliphatic heterocycles. The molecular formula is C18H22FN3O2. The quantitative estimate of drug-likeness (QED) is 0.916. The molecule has 0 aliphatic carbocycles. The number of likely N-dealkylation sites (tertiary alicyclic amines) is 1. The van der Waals surface area contributed by atoms with E-state index in [1.807, 2.05) is 11.0 Å². The van der Waals surface area contributed by atoms with E-state index in [1.54, 1.807) is 18.3 Å². The van der Waals surface area contributed by atoms with Gasteiger partial charge < -0.3 is 9.64 Å². The number of methoxy groups -OCH3 is 1. The van der Waals surface area contributed by atoms with Crippen LogP contribution >= 0.6 is 0 Å². The number of nitrogens with zero attached hydrogens (tertiary/aromatic N) is 2. The highest BCUT2D eigenvalue weighted by Crippen LogP contribution is 2.22. The monoisotopic (exact) mass is 331 g/mol. The second kappa shape index (κ2) is 7.47. The summed E-state index contributed by atoms with van der Waals surface area (Å²) in [4.78, 5) is 14.4. The lowest BCUT2D eigenvalue weighted by molar-refractivity contribution is -0.132. The van der Waals surface area contributed by atoms with Crippen LogP contribution in [-0.4, -0.2) is 41.2 Å². The van der Waals surface area contributed by atoms with Crippen molar-refractivity contribution >= 4 is 5.91 Å². The number of H-pyrrole nitrogens is 1. The van der Waals surface area contributed by atoms with E-state index in [1.165, 1.54) is 13.2 Å².